The Kier molecular flexibility index (Phi) is 6.62. The van der Waals surface area contributed by atoms with Crippen LogP contribution < -0.4 is 10.0 Å². The van der Waals surface area contributed by atoms with Crippen molar-refractivity contribution in [2.45, 2.75) is 18.7 Å². The van der Waals surface area contributed by atoms with Crippen LogP contribution in [0.15, 0.2) is 78.9 Å². The molecule has 3 aromatic rings. The van der Waals surface area contributed by atoms with E-state index >= 15 is 0 Å². The van der Waals surface area contributed by atoms with Crippen molar-refractivity contribution < 1.29 is 13.2 Å². The maximum atomic E-state index is 12.6. The van der Waals surface area contributed by atoms with Crippen LogP contribution in [0.1, 0.15) is 40.0 Å². The fraction of sp³-hybridized carbons (Fsp3) is 0.130. The topological polar surface area (TPSA) is 99.1 Å². The number of hydrogen-bond acceptors (Lipinski definition) is 4. The minimum absolute atomic E-state index is 0.225. The molecule has 0 saturated heterocycles. The molecule has 1 unspecified atom stereocenters. The molecule has 2 N–H and O–H groups in total. The summed E-state index contributed by atoms with van der Waals surface area (Å²) in [5.74, 6) is -0.463. The number of hydrogen-bond donors (Lipinski definition) is 2. The Morgan fingerprint density at radius 3 is 2.47 bits per heavy atom. The number of nitrogens with one attached hydrogen (secondary N) is 2. The van der Waals surface area contributed by atoms with E-state index in [-0.39, 0.29) is 11.7 Å². The van der Waals surface area contributed by atoms with E-state index in [4.69, 9.17) is 5.26 Å². The van der Waals surface area contributed by atoms with Crippen LogP contribution in [0.25, 0.3) is 0 Å². The van der Waals surface area contributed by atoms with Crippen LogP contribution in [-0.4, -0.2) is 14.3 Å². The van der Waals surface area contributed by atoms with Crippen molar-refractivity contribution in [1.29, 1.82) is 5.26 Å². The quantitative estimate of drug-likeness (QED) is 0.605. The third kappa shape index (κ3) is 5.77. The first-order valence-corrected chi connectivity index (χ1v) is 11.0. The summed E-state index contributed by atoms with van der Waals surface area (Å²) in [6.07, 6.45) is 0. The highest BCUT2D eigenvalue weighted by Crippen LogP contribution is 2.20. The summed E-state index contributed by atoms with van der Waals surface area (Å²) < 4.78 is 27.8. The number of sulfonamides is 1. The van der Waals surface area contributed by atoms with E-state index in [2.05, 4.69) is 10.0 Å². The monoisotopic (exact) mass is 419 g/mol. The van der Waals surface area contributed by atoms with Crippen molar-refractivity contribution in [2.24, 2.45) is 0 Å². The van der Waals surface area contributed by atoms with Gasteiger partial charge < -0.3 is 5.32 Å². The molecule has 7 heteroatoms. The number of nitriles is 1. The van der Waals surface area contributed by atoms with E-state index in [1.54, 1.807) is 79.7 Å². The molecule has 0 aromatic heterocycles. The lowest BCUT2D eigenvalue weighted by Crippen LogP contribution is -2.28. The van der Waals surface area contributed by atoms with Crippen molar-refractivity contribution in [2.75, 3.05) is 5.32 Å². The Labute approximate surface area is 176 Å². The lowest BCUT2D eigenvalue weighted by atomic mass is 10.1. The summed E-state index contributed by atoms with van der Waals surface area (Å²) in [6.45, 7) is 1.74. The van der Waals surface area contributed by atoms with Crippen LogP contribution in [0.4, 0.5) is 5.69 Å². The number of carbonyl (C=O) groups is 1. The van der Waals surface area contributed by atoms with Crippen LogP contribution >= 0.6 is 0 Å². The van der Waals surface area contributed by atoms with E-state index < -0.39 is 16.1 Å². The van der Waals surface area contributed by atoms with Crippen LogP contribution in [-0.2, 0) is 15.8 Å². The second-order valence-corrected chi connectivity index (χ2v) is 8.61. The van der Waals surface area contributed by atoms with Crippen molar-refractivity contribution in [3.05, 3.63) is 101 Å². The van der Waals surface area contributed by atoms with Gasteiger partial charge in [-0.1, -0.05) is 42.5 Å². The molecule has 0 aliphatic rings. The smallest absolute Gasteiger partial charge is 0.255 e. The third-order valence-corrected chi connectivity index (χ3v) is 5.88. The van der Waals surface area contributed by atoms with Gasteiger partial charge in [0.2, 0.25) is 10.0 Å². The predicted octanol–water partition coefficient (Wildman–Crippen LogP) is 3.99. The SMILES string of the molecule is CC(NS(=O)(=O)Cc1cccc(C#N)c1)c1cccc(NC(=O)c2ccccc2)c1. The molecule has 0 bridgehead atoms. The summed E-state index contributed by atoms with van der Waals surface area (Å²) in [6, 6.07) is 23.9. The lowest BCUT2D eigenvalue weighted by molar-refractivity contribution is 0.102. The van der Waals surface area contributed by atoms with Crippen LogP contribution in [0.5, 0.6) is 0 Å². The first-order valence-electron chi connectivity index (χ1n) is 9.32. The number of rotatable bonds is 7. The van der Waals surface area contributed by atoms with Crippen molar-refractivity contribution in [1.82, 2.24) is 4.72 Å². The molecule has 0 heterocycles. The highest BCUT2D eigenvalue weighted by molar-refractivity contribution is 7.88. The van der Waals surface area contributed by atoms with E-state index in [9.17, 15) is 13.2 Å². The molecule has 3 aromatic carbocycles. The molecule has 0 aliphatic heterocycles. The van der Waals surface area contributed by atoms with E-state index in [0.29, 0.717) is 22.4 Å². The zero-order valence-corrected chi connectivity index (χ0v) is 17.2. The minimum atomic E-state index is -3.63. The van der Waals surface area contributed by atoms with Crippen LogP contribution in [0.2, 0.25) is 0 Å². The van der Waals surface area contributed by atoms with Gasteiger partial charge in [0.15, 0.2) is 0 Å². The number of amides is 1. The molecule has 6 nitrogen and oxygen atoms in total. The normalized spacial score (nSPS) is 12.0. The highest BCUT2D eigenvalue weighted by atomic mass is 32.2. The van der Waals surface area contributed by atoms with Crippen LogP contribution in [0, 0.1) is 11.3 Å². The van der Waals surface area contributed by atoms with Crippen molar-refractivity contribution in [3.8, 4) is 6.07 Å². The molecule has 3 rings (SSSR count). The van der Waals surface area contributed by atoms with Gasteiger partial charge in [-0.25, -0.2) is 13.1 Å². The lowest BCUT2D eigenvalue weighted by Gasteiger charge is -2.16. The molecular weight excluding hydrogens is 398 g/mol. The van der Waals surface area contributed by atoms with E-state index in [0.717, 1.165) is 5.56 Å². The second-order valence-electron chi connectivity index (χ2n) is 6.86. The maximum absolute atomic E-state index is 12.6. The molecule has 0 aliphatic carbocycles. The van der Waals surface area contributed by atoms with Gasteiger partial charge in [0, 0.05) is 17.3 Å². The molecule has 0 radical (unpaired) electrons. The van der Waals surface area contributed by atoms with Crippen molar-refractivity contribution >= 4 is 21.6 Å². The molecule has 0 fully saturated rings. The third-order valence-electron chi connectivity index (χ3n) is 4.45. The number of nitrogens with zero attached hydrogens (tertiary/aromatic N) is 1. The summed E-state index contributed by atoms with van der Waals surface area (Å²) in [7, 11) is -3.63. The Morgan fingerprint density at radius 2 is 1.73 bits per heavy atom. The molecule has 30 heavy (non-hydrogen) atoms. The molecule has 1 atom stereocenters. The van der Waals surface area contributed by atoms with Crippen LogP contribution in [0.3, 0.4) is 0 Å². The second kappa shape index (κ2) is 9.35. The average Bonchev–Trinajstić information content (AvgIpc) is 2.74. The molecule has 152 valence electrons. The molecular formula is C23H21N3O3S. The minimum Gasteiger partial charge on any atom is -0.322 e. The molecule has 0 saturated carbocycles. The van der Waals surface area contributed by atoms with Gasteiger partial charge >= 0.3 is 0 Å². The summed E-state index contributed by atoms with van der Waals surface area (Å²) >= 11 is 0. The zero-order chi connectivity index (χ0) is 21.6. The van der Waals surface area contributed by atoms with Gasteiger partial charge in [-0.05, 0) is 54.4 Å². The highest BCUT2D eigenvalue weighted by Gasteiger charge is 2.17. The Balaban J connectivity index is 1.69. The first-order chi connectivity index (χ1) is 14.4. The Morgan fingerprint density at radius 1 is 1.00 bits per heavy atom. The predicted molar refractivity (Wildman–Crippen MR) is 116 cm³/mol. The van der Waals surface area contributed by atoms with E-state index in [1.807, 2.05) is 12.1 Å². The molecule has 0 spiro atoms. The zero-order valence-electron chi connectivity index (χ0n) is 16.4. The fourth-order valence-electron chi connectivity index (χ4n) is 3.01. The van der Waals surface area contributed by atoms with Gasteiger partial charge in [-0.15, -0.1) is 0 Å². The van der Waals surface area contributed by atoms with Gasteiger partial charge in [-0.2, -0.15) is 5.26 Å². The number of anilines is 1. The Bertz CT molecular complexity index is 1190. The average molecular weight is 420 g/mol. The Hall–Kier alpha value is -3.47. The summed E-state index contributed by atoms with van der Waals surface area (Å²) in [5, 5.41) is 11.8. The van der Waals surface area contributed by atoms with E-state index in [1.165, 1.54) is 0 Å². The van der Waals surface area contributed by atoms with Gasteiger partial charge in [0.25, 0.3) is 5.91 Å². The number of benzene rings is 3. The molecule has 1 amide bonds. The summed E-state index contributed by atoms with van der Waals surface area (Å²) in [4.78, 5) is 12.3. The first kappa shape index (κ1) is 21.2. The maximum Gasteiger partial charge on any atom is 0.255 e. The largest absolute Gasteiger partial charge is 0.322 e. The fourth-order valence-corrected chi connectivity index (χ4v) is 4.38. The van der Waals surface area contributed by atoms with Gasteiger partial charge in [0.1, 0.15) is 0 Å². The number of carbonyl (C=O) groups excluding carboxylic acids is 1. The van der Waals surface area contributed by atoms with Gasteiger partial charge in [-0.3, -0.25) is 4.79 Å². The van der Waals surface area contributed by atoms with Gasteiger partial charge in [0.05, 0.1) is 17.4 Å². The standard InChI is InChI=1S/C23H21N3O3S/c1-17(26-30(28,29)16-19-8-5-7-18(13-19)15-24)21-11-6-12-22(14-21)25-23(27)20-9-3-2-4-10-20/h2-14,17,26H,16H2,1H3,(H,25,27). The summed E-state index contributed by atoms with van der Waals surface area (Å²) in [5.41, 5.74) is 2.79. The van der Waals surface area contributed by atoms with Crippen molar-refractivity contribution in [3.63, 3.8) is 0 Å².